The van der Waals surface area contributed by atoms with Gasteiger partial charge in [0.2, 0.25) is 0 Å². The highest BCUT2D eigenvalue weighted by Gasteiger charge is 2.20. The molecule has 7 aromatic carbocycles. The third-order valence-electron chi connectivity index (χ3n) is 15.4. The molecule has 8 nitrogen and oxygen atoms in total. The second-order valence-corrected chi connectivity index (χ2v) is 22.2. The van der Waals surface area contributed by atoms with Crippen molar-refractivity contribution in [2.24, 2.45) is 0 Å². The molecule has 0 fully saturated rings. The van der Waals surface area contributed by atoms with Crippen molar-refractivity contribution < 1.29 is 46.9 Å². The number of ether oxygens (including phenoxy) is 4. The number of benzene rings is 7. The zero-order valence-electron chi connectivity index (χ0n) is 49.4. The van der Waals surface area contributed by atoms with Gasteiger partial charge in [0, 0.05) is 6.07 Å². The van der Waals surface area contributed by atoms with E-state index in [-0.39, 0.29) is 45.3 Å². The first-order chi connectivity index (χ1) is 41.1. The van der Waals surface area contributed by atoms with Crippen molar-refractivity contribution in [1.29, 1.82) is 0 Å². The van der Waals surface area contributed by atoms with Crippen molar-refractivity contribution in [2.75, 3.05) is 0 Å². The SMILES string of the molecule is CCCCCCCCCCCCCCc1ccc(-c2ccc(C(=O)Oc3ccc(C(=O)Oc4cccc(OC(=O)c5ccc(OC(=O)c6ccc(-c7ccc(CCCCCCCCCCCCCC)cc7)cc6)c(F)c5)c4)cc3F)cc2)cc1. The van der Waals surface area contributed by atoms with Crippen molar-refractivity contribution >= 4 is 23.9 Å². The lowest BCUT2D eigenvalue weighted by molar-refractivity contribution is 0.0716. The van der Waals surface area contributed by atoms with Gasteiger partial charge in [0.1, 0.15) is 11.5 Å². The summed E-state index contributed by atoms with van der Waals surface area (Å²) in [5, 5.41) is 0. The third kappa shape index (κ3) is 21.5. The molecule has 442 valence electrons. The molecule has 0 saturated heterocycles. The first-order valence-electron chi connectivity index (χ1n) is 31.0. The molecule has 0 amide bonds. The number of rotatable bonds is 36. The van der Waals surface area contributed by atoms with Gasteiger partial charge in [-0.2, -0.15) is 0 Å². The number of carbonyl (C=O) groups excluding carboxylic acids is 4. The Hall–Kier alpha value is -7.72. The van der Waals surface area contributed by atoms with Crippen molar-refractivity contribution in [3.8, 4) is 45.3 Å². The first kappa shape index (κ1) is 63.9. The van der Waals surface area contributed by atoms with E-state index in [1.165, 1.54) is 202 Å². The highest BCUT2D eigenvalue weighted by Crippen LogP contribution is 2.29. The lowest BCUT2D eigenvalue weighted by Gasteiger charge is -2.10. The zero-order chi connectivity index (χ0) is 59.1. The van der Waals surface area contributed by atoms with Gasteiger partial charge < -0.3 is 18.9 Å². The Morgan fingerprint density at radius 1 is 0.298 bits per heavy atom. The van der Waals surface area contributed by atoms with Crippen molar-refractivity contribution in [1.82, 2.24) is 0 Å². The van der Waals surface area contributed by atoms with Crippen LogP contribution in [0.3, 0.4) is 0 Å². The number of carbonyl (C=O) groups is 4. The normalized spacial score (nSPS) is 11.1. The summed E-state index contributed by atoms with van der Waals surface area (Å²) in [5.74, 6) is -6.13. The lowest BCUT2D eigenvalue weighted by atomic mass is 10.00. The van der Waals surface area contributed by atoms with E-state index in [2.05, 4.69) is 62.4 Å². The molecule has 0 radical (unpaired) electrons. The van der Waals surface area contributed by atoms with Crippen molar-refractivity contribution in [3.63, 3.8) is 0 Å². The minimum atomic E-state index is -0.959. The van der Waals surface area contributed by atoms with Gasteiger partial charge in [0.15, 0.2) is 23.1 Å². The fourth-order valence-electron chi connectivity index (χ4n) is 10.3. The van der Waals surface area contributed by atoms with Gasteiger partial charge in [-0.1, -0.05) is 234 Å². The molecule has 0 atom stereocenters. The van der Waals surface area contributed by atoms with Crippen LogP contribution < -0.4 is 18.9 Å². The van der Waals surface area contributed by atoms with Gasteiger partial charge >= 0.3 is 23.9 Å². The smallest absolute Gasteiger partial charge is 0.343 e. The van der Waals surface area contributed by atoms with Crippen molar-refractivity contribution in [2.45, 2.75) is 181 Å². The van der Waals surface area contributed by atoms with Crippen LogP contribution in [0, 0.1) is 11.6 Å². The number of hydrogen-bond acceptors (Lipinski definition) is 8. The maximum atomic E-state index is 15.3. The van der Waals surface area contributed by atoms with Crippen LogP contribution in [0.25, 0.3) is 22.3 Å². The Morgan fingerprint density at radius 2 is 0.571 bits per heavy atom. The molecule has 10 heteroatoms. The van der Waals surface area contributed by atoms with E-state index in [1.807, 2.05) is 24.3 Å². The highest BCUT2D eigenvalue weighted by atomic mass is 19.1. The van der Waals surface area contributed by atoms with Crippen LogP contribution in [0.15, 0.2) is 158 Å². The molecule has 7 aromatic rings. The fourth-order valence-corrected chi connectivity index (χ4v) is 10.3. The van der Waals surface area contributed by atoms with Crippen LogP contribution in [0.1, 0.15) is 221 Å². The van der Waals surface area contributed by atoms with E-state index >= 15 is 8.78 Å². The molecular weight excluding hydrogens is 1050 g/mol. The Labute approximate surface area is 497 Å². The topological polar surface area (TPSA) is 105 Å². The quantitative estimate of drug-likeness (QED) is 0.0217. The summed E-state index contributed by atoms with van der Waals surface area (Å²) in [6.07, 6.45) is 33.9. The largest absolute Gasteiger partial charge is 0.423 e. The monoisotopic (exact) mass is 1140 g/mol. The standard InChI is InChI=1S/C74H84F2O8/c1-3-5-7-9-11-13-15-17-19-21-23-25-28-55-32-36-57(37-33-55)59-40-44-61(45-41-59)71(77)83-69-50-48-63(52-67(69)75)73(79)81-65-30-27-31-66(54-65)82-74(80)64-49-51-70(68(76)53-64)84-72(78)62-46-42-60(43-47-62)58-38-34-56(35-39-58)29-26-24-22-20-18-16-14-12-10-8-6-4-2/h27,30-54H,3-26,28-29H2,1-2H3. The summed E-state index contributed by atoms with van der Waals surface area (Å²) >= 11 is 0. The molecule has 0 N–H and O–H groups in total. The van der Waals surface area contributed by atoms with Gasteiger partial charge in [0.25, 0.3) is 0 Å². The molecular formula is C74H84F2O8. The van der Waals surface area contributed by atoms with Crippen LogP contribution >= 0.6 is 0 Å². The number of halogens is 2. The van der Waals surface area contributed by atoms with E-state index in [9.17, 15) is 19.2 Å². The summed E-state index contributed by atoms with van der Waals surface area (Å²) < 4.78 is 52.2. The molecule has 0 aromatic heterocycles. The Balaban J connectivity index is 0.800. The Morgan fingerprint density at radius 3 is 0.881 bits per heavy atom. The van der Waals surface area contributed by atoms with Gasteiger partial charge in [-0.25, -0.2) is 28.0 Å². The lowest BCUT2D eigenvalue weighted by Crippen LogP contribution is -2.12. The Kier molecular flexibility index (Phi) is 26.9. The molecule has 0 aliphatic heterocycles. The summed E-state index contributed by atoms with van der Waals surface area (Å²) in [6.45, 7) is 4.52. The van der Waals surface area contributed by atoms with Crippen LogP contribution in [0.4, 0.5) is 8.78 Å². The number of esters is 4. The van der Waals surface area contributed by atoms with Crippen molar-refractivity contribution in [3.05, 3.63) is 203 Å². The summed E-state index contributed by atoms with van der Waals surface area (Å²) in [7, 11) is 0. The van der Waals surface area contributed by atoms with Gasteiger partial charge in [-0.3, -0.25) is 0 Å². The van der Waals surface area contributed by atoms with E-state index in [0.29, 0.717) is 0 Å². The number of hydrogen-bond donors (Lipinski definition) is 0. The molecule has 0 aliphatic rings. The van der Waals surface area contributed by atoms with E-state index in [4.69, 9.17) is 18.9 Å². The van der Waals surface area contributed by atoms with Gasteiger partial charge in [-0.05, 0) is 132 Å². The van der Waals surface area contributed by atoms with E-state index in [1.54, 1.807) is 24.3 Å². The Bertz CT molecular complexity index is 2920. The molecule has 0 bridgehead atoms. The minimum Gasteiger partial charge on any atom is -0.423 e. The summed E-state index contributed by atoms with van der Waals surface area (Å²) in [6, 6.07) is 42.9. The highest BCUT2D eigenvalue weighted by molar-refractivity contribution is 5.94. The third-order valence-corrected chi connectivity index (χ3v) is 15.4. The average Bonchev–Trinajstić information content (AvgIpc) is 3.65. The predicted molar refractivity (Wildman–Crippen MR) is 332 cm³/mol. The summed E-state index contributed by atoms with van der Waals surface area (Å²) in [4.78, 5) is 52.3. The van der Waals surface area contributed by atoms with E-state index in [0.717, 1.165) is 59.4 Å². The molecule has 84 heavy (non-hydrogen) atoms. The van der Waals surface area contributed by atoms with Crippen LogP contribution in [-0.2, 0) is 12.8 Å². The second kappa shape index (κ2) is 35.4. The van der Waals surface area contributed by atoms with Crippen LogP contribution in [0.2, 0.25) is 0 Å². The minimum absolute atomic E-state index is 0.0324. The molecule has 0 spiro atoms. The van der Waals surface area contributed by atoms with Gasteiger partial charge in [-0.15, -0.1) is 0 Å². The molecule has 0 heterocycles. The van der Waals surface area contributed by atoms with Crippen LogP contribution in [-0.4, -0.2) is 23.9 Å². The maximum Gasteiger partial charge on any atom is 0.343 e. The van der Waals surface area contributed by atoms with Crippen LogP contribution in [0.5, 0.6) is 23.0 Å². The first-order valence-corrected chi connectivity index (χ1v) is 31.0. The molecule has 7 rings (SSSR count). The predicted octanol–water partition coefficient (Wildman–Crippen LogP) is 20.7. The molecule has 0 saturated carbocycles. The summed E-state index contributed by atoms with van der Waals surface area (Å²) in [5.41, 5.74) is 6.60. The fraction of sp³-hybridized carbons (Fsp3) is 0.378. The second-order valence-electron chi connectivity index (χ2n) is 22.2. The maximum absolute atomic E-state index is 15.3. The number of aryl methyl sites for hydroxylation is 2. The zero-order valence-corrected chi connectivity index (χ0v) is 49.4. The van der Waals surface area contributed by atoms with Gasteiger partial charge in [0.05, 0.1) is 22.3 Å². The molecule has 0 aliphatic carbocycles. The average molecular weight is 1140 g/mol. The molecule has 0 unspecified atom stereocenters. The number of unbranched alkanes of at least 4 members (excludes halogenated alkanes) is 22. The van der Waals surface area contributed by atoms with E-state index < -0.39 is 35.5 Å².